The van der Waals surface area contributed by atoms with E-state index >= 15 is 0 Å². The van der Waals surface area contributed by atoms with Crippen LogP contribution in [0.15, 0.2) is 48.5 Å². The maximum absolute atomic E-state index is 5.38. The van der Waals surface area contributed by atoms with Crippen molar-refractivity contribution in [1.82, 2.24) is 0 Å². The first-order chi connectivity index (χ1) is 7.33. The van der Waals surface area contributed by atoms with Gasteiger partial charge >= 0.3 is 102 Å². The molecule has 0 aromatic heterocycles. The van der Waals surface area contributed by atoms with E-state index in [4.69, 9.17) is 3.32 Å². The molecular formula is C13H11Cl2OTi. The van der Waals surface area contributed by atoms with Crippen molar-refractivity contribution in [2.75, 3.05) is 0 Å². The molecule has 0 atom stereocenters. The van der Waals surface area contributed by atoms with Gasteiger partial charge in [0, 0.05) is 0 Å². The van der Waals surface area contributed by atoms with Crippen molar-refractivity contribution in [2.45, 2.75) is 6.92 Å². The van der Waals surface area contributed by atoms with Crippen molar-refractivity contribution in [3.63, 3.8) is 0 Å². The summed E-state index contributed by atoms with van der Waals surface area (Å²) in [7, 11) is 0. The molecule has 2 aromatic rings. The molecule has 2 aromatic carbocycles. The van der Waals surface area contributed by atoms with Gasteiger partial charge in [0.1, 0.15) is 0 Å². The largest absolute Gasteiger partial charge is 1.00 e. The standard InChI is InChI=1S/C13H12O.2ClH.Ti/c1-10-6-5-9-12(14)13(10)11-7-3-2-4-8-11;;;/h2-9,14H,1H3;2*1H;/q;;;+3/p-3. The van der Waals surface area contributed by atoms with Gasteiger partial charge in [0.05, 0.1) is 0 Å². The summed E-state index contributed by atoms with van der Waals surface area (Å²) in [6, 6.07) is 16.4. The number of halogens is 2. The zero-order valence-corrected chi connectivity index (χ0v) is 12.4. The van der Waals surface area contributed by atoms with Crippen LogP contribution in [0, 0.1) is 6.92 Å². The van der Waals surface area contributed by atoms with Crippen LogP contribution in [-0.4, -0.2) is 0 Å². The van der Waals surface area contributed by atoms with Gasteiger partial charge in [-0.1, -0.05) is 0 Å². The van der Waals surface area contributed by atoms with Crippen molar-refractivity contribution >= 4 is 0 Å². The number of hydrogen-bond donors (Lipinski definition) is 0. The van der Waals surface area contributed by atoms with Gasteiger partial charge in [-0.2, -0.15) is 0 Å². The summed E-state index contributed by atoms with van der Waals surface area (Å²) in [4.78, 5) is 0. The van der Waals surface area contributed by atoms with Gasteiger partial charge in [-0.3, -0.25) is 0 Å². The number of aryl methyl sites for hydroxylation is 1. The summed E-state index contributed by atoms with van der Waals surface area (Å²) in [6.45, 7) is 2.10. The van der Waals surface area contributed by atoms with E-state index in [1.54, 1.807) is 20.8 Å². The minimum absolute atomic E-state index is 0. The SMILES string of the molecule is Cc1cccc([O][Ti+2])c1-c1ccccc1.[Cl-].[Cl-]. The second-order valence-corrected chi connectivity index (χ2v) is 3.73. The quantitative estimate of drug-likeness (QED) is 0.558. The summed E-state index contributed by atoms with van der Waals surface area (Å²) in [5.41, 5.74) is 3.62. The van der Waals surface area contributed by atoms with Gasteiger partial charge in [-0.25, -0.2) is 0 Å². The first-order valence-corrected chi connectivity index (χ1v) is 5.45. The predicted octanol–water partition coefficient (Wildman–Crippen LogP) is -2.49. The first-order valence-electron chi connectivity index (χ1n) is 4.81. The van der Waals surface area contributed by atoms with E-state index in [0.29, 0.717) is 0 Å². The van der Waals surface area contributed by atoms with Crippen molar-refractivity contribution in [1.29, 1.82) is 0 Å². The first kappa shape index (κ1) is 16.5. The third-order valence-electron chi connectivity index (χ3n) is 2.41. The maximum atomic E-state index is 5.38. The van der Waals surface area contributed by atoms with E-state index in [-0.39, 0.29) is 24.8 Å². The molecule has 1 nitrogen and oxygen atoms in total. The molecule has 0 saturated heterocycles. The average molecular weight is 302 g/mol. The molecule has 0 saturated carbocycles. The van der Waals surface area contributed by atoms with Crippen LogP contribution in [0.4, 0.5) is 0 Å². The van der Waals surface area contributed by atoms with Crippen molar-refractivity contribution in [3.8, 4) is 16.9 Å². The molecule has 17 heavy (non-hydrogen) atoms. The van der Waals surface area contributed by atoms with E-state index < -0.39 is 0 Å². The molecule has 0 spiro atoms. The van der Waals surface area contributed by atoms with Crippen molar-refractivity contribution in [3.05, 3.63) is 54.1 Å². The Hall–Kier alpha value is -0.466. The molecule has 0 aliphatic heterocycles. The minimum atomic E-state index is 0. The van der Waals surface area contributed by atoms with Crippen LogP contribution in [0.5, 0.6) is 5.75 Å². The van der Waals surface area contributed by atoms with Crippen LogP contribution in [-0.2, 0) is 20.8 Å². The molecule has 0 N–H and O–H groups in total. The van der Waals surface area contributed by atoms with Crippen LogP contribution < -0.4 is 28.1 Å². The molecule has 0 amide bonds. The van der Waals surface area contributed by atoms with Crippen molar-refractivity contribution < 1.29 is 49.0 Å². The zero-order chi connectivity index (χ0) is 10.7. The van der Waals surface area contributed by atoms with Gasteiger partial charge in [-0.15, -0.1) is 0 Å². The number of benzene rings is 2. The van der Waals surface area contributed by atoms with E-state index in [9.17, 15) is 0 Å². The molecule has 0 unspecified atom stereocenters. The molecule has 2 rings (SSSR count). The Morgan fingerprint density at radius 1 is 0.882 bits per heavy atom. The second-order valence-electron chi connectivity index (χ2n) is 3.42. The summed E-state index contributed by atoms with van der Waals surface area (Å²) in [5.74, 6) is 0.932. The average Bonchev–Trinajstić information content (AvgIpc) is 2.29. The summed E-state index contributed by atoms with van der Waals surface area (Å²) >= 11 is 1.71. The molecule has 0 aliphatic rings. The maximum Gasteiger partial charge on any atom is -1.00 e. The Bertz CT molecular complexity index is 460. The topological polar surface area (TPSA) is 9.23 Å². The molecule has 0 heterocycles. The van der Waals surface area contributed by atoms with Crippen LogP contribution in [0.2, 0.25) is 0 Å². The van der Waals surface area contributed by atoms with Gasteiger partial charge in [0.2, 0.25) is 0 Å². The third-order valence-corrected chi connectivity index (χ3v) is 2.75. The van der Waals surface area contributed by atoms with Gasteiger partial charge in [0.25, 0.3) is 0 Å². The summed E-state index contributed by atoms with van der Waals surface area (Å²) in [6.07, 6.45) is 0. The molecular weight excluding hydrogens is 291 g/mol. The van der Waals surface area contributed by atoms with E-state index in [1.807, 2.05) is 30.3 Å². The smallest absolute Gasteiger partial charge is 1.00 e. The third kappa shape index (κ3) is 3.75. The fourth-order valence-corrected chi connectivity index (χ4v) is 1.97. The van der Waals surface area contributed by atoms with Gasteiger partial charge in [0.15, 0.2) is 0 Å². The van der Waals surface area contributed by atoms with Crippen molar-refractivity contribution in [2.24, 2.45) is 0 Å². The number of hydrogen-bond acceptors (Lipinski definition) is 1. The molecule has 0 fully saturated rings. The number of rotatable bonds is 2. The molecule has 0 aliphatic carbocycles. The van der Waals surface area contributed by atoms with Crippen LogP contribution in [0.25, 0.3) is 11.1 Å². The van der Waals surface area contributed by atoms with Crippen LogP contribution in [0.3, 0.4) is 0 Å². The predicted molar refractivity (Wildman–Crippen MR) is 57.2 cm³/mol. The zero-order valence-electron chi connectivity index (χ0n) is 9.28. The Morgan fingerprint density at radius 3 is 2.12 bits per heavy atom. The fourth-order valence-electron chi connectivity index (χ4n) is 1.70. The van der Waals surface area contributed by atoms with E-state index in [0.717, 1.165) is 5.75 Å². The fraction of sp³-hybridized carbons (Fsp3) is 0.0769. The Kier molecular flexibility index (Phi) is 7.57. The molecule has 87 valence electrons. The molecule has 0 bridgehead atoms. The Balaban J connectivity index is 0.00000128. The van der Waals surface area contributed by atoms with Crippen LogP contribution in [0.1, 0.15) is 5.56 Å². The summed E-state index contributed by atoms with van der Waals surface area (Å²) < 4.78 is 5.38. The Labute approximate surface area is 126 Å². The van der Waals surface area contributed by atoms with Crippen LogP contribution >= 0.6 is 0 Å². The summed E-state index contributed by atoms with van der Waals surface area (Å²) in [5, 5.41) is 0. The van der Waals surface area contributed by atoms with Gasteiger partial charge < -0.3 is 24.8 Å². The second kappa shape index (κ2) is 7.78. The molecule has 4 heteroatoms. The normalized spacial score (nSPS) is 8.88. The molecule has 0 radical (unpaired) electrons. The van der Waals surface area contributed by atoms with E-state index in [2.05, 4.69) is 25.1 Å². The Morgan fingerprint density at radius 2 is 1.53 bits per heavy atom. The van der Waals surface area contributed by atoms with E-state index in [1.165, 1.54) is 16.7 Å². The minimum Gasteiger partial charge on any atom is -1.00 e. The monoisotopic (exact) mass is 301 g/mol. The van der Waals surface area contributed by atoms with Gasteiger partial charge in [-0.05, 0) is 0 Å².